The maximum absolute atomic E-state index is 5.72. The van der Waals surface area contributed by atoms with Crippen molar-refractivity contribution in [1.82, 2.24) is 0 Å². The van der Waals surface area contributed by atoms with Crippen molar-refractivity contribution < 1.29 is 0 Å². The molecule has 1 nitrogen and oxygen atoms in total. The highest BCUT2D eigenvalue weighted by atomic mass is 35.5. The summed E-state index contributed by atoms with van der Waals surface area (Å²) in [5.41, 5.74) is 5.72. The van der Waals surface area contributed by atoms with Crippen LogP contribution in [0.5, 0.6) is 0 Å². The normalized spacial score (nSPS) is 45.2. The molecule has 0 saturated heterocycles. The topological polar surface area (TPSA) is 26.0 Å². The second-order valence-corrected chi connectivity index (χ2v) is 2.82. The van der Waals surface area contributed by atoms with Gasteiger partial charge in [-0.3, -0.25) is 0 Å². The van der Waals surface area contributed by atoms with E-state index in [1.165, 1.54) is 12.8 Å². The van der Waals surface area contributed by atoms with Crippen LogP contribution in [0.25, 0.3) is 0 Å². The molecule has 2 rings (SSSR count). The molecule has 0 heterocycles. The third kappa shape index (κ3) is 0.993. The summed E-state index contributed by atoms with van der Waals surface area (Å²) in [5.74, 6) is 1.63. The van der Waals surface area contributed by atoms with Gasteiger partial charge in [0.15, 0.2) is 0 Å². The van der Waals surface area contributed by atoms with E-state index in [9.17, 15) is 0 Å². The summed E-state index contributed by atoms with van der Waals surface area (Å²) >= 11 is 0. The molecule has 1 saturated carbocycles. The van der Waals surface area contributed by atoms with Crippen LogP contribution in [0.2, 0.25) is 0 Å². The van der Waals surface area contributed by atoms with Gasteiger partial charge < -0.3 is 5.73 Å². The minimum Gasteiger partial charge on any atom is -0.327 e. The van der Waals surface area contributed by atoms with E-state index in [2.05, 4.69) is 12.2 Å². The van der Waals surface area contributed by atoms with Gasteiger partial charge in [0.2, 0.25) is 0 Å². The molecule has 2 heteroatoms. The third-order valence-electron chi connectivity index (χ3n) is 2.32. The quantitative estimate of drug-likeness (QED) is 0.512. The lowest BCUT2D eigenvalue weighted by atomic mass is 10.1. The van der Waals surface area contributed by atoms with E-state index in [1.807, 2.05) is 0 Å². The van der Waals surface area contributed by atoms with Gasteiger partial charge in [-0.15, -0.1) is 12.4 Å². The molecule has 0 spiro atoms. The second kappa shape index (κ2) is 2.31. The average molecular weight is 146 g/mol. The zero-order valence-corrected chi connectivity index (χ0v) is 6.10. The van der Waals surface area contributed by atoms with Gasteiger partial charge in [-0.1, -0.05) is 12.2 Å². The van der Waals surface area contributed by atoms with Gasteiger partial charge in [-0.25, -0.2) is 0 Å². The first kappa shape index (κ1) is 7.10. The number of halogens is 1. The van der Waals surface area contributed by atoms with Crippen molar-refractivity contribution in [3.63, 3.8) is 0 Å². The molecule has 2 aliphatic carbocycles. The van der Waals surface area contributed by atoms with Crippen molar-refractivity contribution >= 4 is 12.4 Å². The van der Waals surface area contributed by atoms with E-state index in [-0.39, 0.29) is 12.4 Å². The van der Waals surface area contributed by atoms with Crippen molar-refractivity contribution in [2.24, 2.45) is 17.6 Å². The number of hydrogen-bond donors (Lipinski definition) is 1. The predicted octanol–water partition coefficient (Wildman–Crippen LogP) is 1.33. The van der Waals surface area contributed by atoms with Crippen LogP contribution in [-0.4, -0.2) is 6.04 Å². The van der Waals surface area contributed by atoms with Gasteiger partial charge in [0.05, 0.1) is 0 Å². The largest absolute Gasteiger partial charge is 0.327 e. The highest BCUT2D eigenvalue weighted by Gasteiger charge is 2.45. The Morgan fingerprint density at radius 1 is 1.44 bits per heavy atom. The van der Waals surface area contributed by atoms with Gasteiger partial charge >= 0.3 is 0 Å². The van der Waals surface area contributed by atoms with E-state index in [4.69, 9.17) is 5.73 Å². The molecule has 1 fully saturated rings. The molecule has 0 aromatic rings. The molecule has 0 aromatic heterocycles. The Hall–Kier alpha value is -0.0100. The van der Waals surface area contributed by atoms with E-state index in [1.54, 1.807) is 0 Å². The SMILES string of the molecule is Cl.N[C@H]1[C@@H]2C=CCC[C@H]12. The Morgan fingerprint density at radius 2 is 2.22 bits per heavy atom. The van der Waals surface area contributed by atoms with Crippen LogP contribution in [0.15, 0.2) is 12.2 Å². The molecule has 52 valence electrons. The zero-order valence-electron chi connectivity index (χ0n) is 5.29. The summed E-state index contributed by atoms with van der Waals surface area (Å²) in [6.45, 7) is 0. The fraction of sp³-hybridized carbons (Fsp3) is 0.714. The number of nitrogens with two attached hydrogens (primary N) is 1. The lowest BCUT2D eigenvalue weighted by Crippen LogP contribution is -2.01. The molecule has 3 atom stereocenters. The number of fused-ring (bicyclic) bond motifs is 1. The smallest absolute Gasteiger partial charge is 0.0140 e. The molecule has 0 unspecified atom stereocenters. The predicted molar refractivity (Wildman–Crippen MR) is 40.6 cm³/mol. The minimum atomic E-state index is 0. The summed E-state index contributed by atoms with van der Waals surface area (Å²) in [6.07, 6.45) is 7.13. The first-order valence-electron chi connectivity index (χ1n) is 3.32. The number of rotatable bonds is 0. The van der Waals surface area contributed by atoms with Crippen LogP contribution in [0.1, 0.15) is 12.8 Å². The molecule has 9 heavy (non-hydrogen) atoms. The van der Waals surface area contributed by atoms with E-state index >= 15 is 0 Å². The monoisotopic (exact) mass is 145 g/mol. The van der Waals surface area contributed by atoms with Gasteiger partial charge in [0.1, 0.15) is 0 Å². The highest BCUT2D eigenvalue weighted by Crippen LogP contribution is 2.44. The van der Waals surface area contributed by atoms with E-state index in [0.717, 1.165) is 11.8 Å². The van der Waals surface area contributed by atoms with Crippen molar-refractivity contribution in [2.75, 3.05) is 0 Å². The molecule has 0 amide bonds. The minimum absolute atomic E-state index is 0. The Labute approximate surface area is 61.7 Å². The Bertz CT molecular complexity index is 133. The fourth-order valence-electron chi connectivity index (χ4n) is 1.63. The molecular formula is C7H12ClN. The summed E-state index contributed by atoms with van der Waals surface area (Å²) in [7, 11) is 0. The van der Waals surface area contributed by atoms with Gasteiger partial charge in [0.25, 0.3) is 0 Å². The van der Waals surface area contributed by atoms with E-state index < -0.39 is 0 Å². The highest BCUT2D eigenvalue weighted by molar-refractivity contribution is 5.85. The summed E-state index contributed by atoms with van der Waals surface area (Å²) < 4.78 is 0. The fourth-order valence-corrected chi connectivity index (χ4v) is 1.63. The van der Waals surface area contributed by atoms with Crippen molar-refractivity contribution in [1.29, 1.82) is 0 Å². The van der Waals surface area contributed by atoms with Crippen LogP contribution in [0.3, 0.4) is 0 Å². The molecule has 0 radical (unpaired) electrons. The second-order valence-electron chi connectivity index (χ2n) is 2.82. The standard InChI is InChI=1S/C7H11N.ClH/c8-7-5-3-1-2-4-6(5)7;/h1,3,5-7H,2,4,8H2;1H/t5-,6+,7+;/m1./s1. The Morgan fingerprint density at radius 3 is 2.67 bits per heavy atom. The van der Waals surface area contributed by atoms with Crippen LogP contribution >= 0.6 is 12.4 Å². The number of hydrogen-bond acceptors (Lipinski definition) is 1. The Balaban J connectivity index is 0.000000405. The maximum Gasteiger partial charge on any atom is 0.0140 e. The van der Waals surface area contributed by atoms with Crippen molar-refractivity contribution in [3.8, 4) is 0 Å². The first-order valence-corrected chi connectivity index (χ1v) is 3.32. The molecular weight excluding hydrogens is 134 g/mol. The van der Waals surface area contributed by atoms with Gasteiger partial charge in [-0.05, 0) is 24.7 Å². The molecule has 0 aromatic carbocycles. The van der Waals surface area contributed by atoms with Gasteiger partial charge in [0, 0.05) is 6.04 Å². The molecule has 2 aliphatic rings. The van der Waals surface area contributed by atoms with Crippen molar-refractivity contribution in [2.45, 2.75) is 18.9 Å². The van der Waals surface area contributed by atoms with Gasteiger partial charge in [-0.2, -0.15) is 0 Å². The van der Waals surface area contributed by atoms with Crippen molar-refractivity contribution in [3.05, 3.63) is 12.2 Å². The van der Waals surface area contributed by atoms with Crippen LogP contribution in [0.4, 0.5) is 0 Å². The lowest BCUT2D eigenvalue weighted by Gasteiger charge is -1.96. The van der Waals surface area contributed by atoms with Crippen LogP contribution in [0, 0.1) is 11.8 Å². The zero-order chi connectivity index (χ0) is 5.56. The average Bonchev–Trinajstić information content (AvgIpc) is 2.46. The number of allylic oxidation sites excluding steroid dienone is 1. The summed E-state index contributed by atoms with van der Waals surface area (Å²) in [6, 6.07) is 0.522. The van der Waals surface area contributed by atoms with Crippen LogP contribution < -0.4 is 5.73 Å². The summed E-state index contributed by atoms with van der Waals surface area (Å²) in [5, 5.41) is 0. The maximum atomic E-state index is 5.72. The summed E-state index contributed by atoms with van der Waals surface area (Å²) in [4.78, 5) is 0. The third-order valence-corrected chi connectivity index (χ3v) is 2.32. The molecule has 0 aliphatic heterocycles. The molecule has 0 bridgehead atoms. The van der Waals surface area contributed by atoms with E-state index in [0.29, 0.717) is 6.04 Å². The molecule has 2 N–H and O–H groups in total. The first-order chi connectivity index (χ1) is 3.89. The Kier molecular flexibility index (Phi) is 1.83. The lowest BCUT2D eigenvalue weighted by molar-refractivity contribution is 0.673. The van der Waals surface area contributed by atoms with Crippen LogP contribution in [-0.2, 0) is 0 Å².